The van der Waals surface area contributed by atoms with Crippen molar-refractivity contribution in [3.63, 3.8) is 0 Å². The molecule has 0 aromatic heterocycles. The molecule has 2 amide bonds. The Hall–Kier alpha value is -2.37. The number of carboxylic acids is 1. The summed E-state index contributed by atoms with van der Waals surface area (Å²) in [6.45, 7) is 5.63. The van der Waals surface area contributed by atoms with E-state index in [1.807, 2.05) is 44.2 Å². The monoisotopic (exact) mass is 346 g/mol. The van der Waals surface area contributed by atoms with E-state index >= 15 is 0 Å². The standard InChI is InChI=1S/C19H26N2O4/c1-4-10-19(3,18(24)25)20-17(23)15-11-16(22)21(12-15)13(2)14-8-6-5-7-9-14/h5-9,13,15H,4,10-12H2,1-3H3,(H,20,23)(H,24,25). The van der Waals surface area contributed by atoms with Crippen LogP contribution in [0.1, 0.15) is 51.6 Å². The summed E-state index contributed by atoms with van der Waals surface area (Å²) in [6, 6.07) is 9.54. The number of hydrogen-bond donors (Lipinski definition) is 2. The van der Waals surface area contributed by atoms with E-state index in [1.165, 1.54) is 6.92 Å². The second-order valence-electron chi connectivity index (χ2n) is 6.91. The van der Waals surface area contributed by atoms with Crippen LogP contribution in [0, 0.1) is 5.92 Å². The highest BCUT2D eigenvalue weighted by molar-refractivity contribution is 5.92. The van der Waals surface area contributed by atoms with Crippen molar-refractivity contribution in [2.24, 2.45) is 5.92 Å². The van der Waals surface area contributed by atoms with Crippen LogP contribution in [0.2, 0.25) is 0 Å². The molecular formula is C19H26N2O4. The third kappa shape index (κ3) is 4.18. The summed E-state index contributed by atoms with van der Waals surface area (Å²) >= 11 is 0. The molecule has 1 fully saturated rings. The first-order valence-electron chi connectivity index (χ1n) is 8.68. The fourth-order valence-electron chi connectivity index (χ4n) is 3.29. The van der Waals surface area contributed by atoms with Crippen molar-refractivity contribution in [3.05, 3.63) is 35.9 Å². The van der Waals surface area contributed by atoms with Crippen molar-refractivity contribution in [1.82, 2.24) is 10.2 Å². The van der Waals surface area contributed by atoms with E-state index in [0.717, 1.165) is 5.56 Å². The lowest BCUT2D eigenvalue weighted by molar-refractivity contribution is -0.147. The van der Waals surface area contributed by atoms with Gasteiger partial charge in [-0.1, -0.05) is 43.7 Å². The zero-order chi connectivity index (χ0) is 18.6. The lowest BCUT2D eigenvalue weighted by atomic mass is 9.94. The van der Waals surface area contributed by atoms with Crippen molar-refractivity contribution in [3.8, 4) is 0 Å². The minimum Gasteiger partial charge on any atom is -0.480 e. The molecule has 2 N–H and O–H groups in total. The number of hydrogen-bond acceptors (Lipinski definition) is 3. The Labute approximate surface area is 148 Å². The van der Waals surface area contributed by atoms with Gasteiger partial charge in [-0.3, -0.25) is 9.59 Å². The maximum atomic E-state index is 12.5. The molecule has 1 aliphatic heterocycles. The Morgan fingerprint density at radius 3 is 2.56 bits per heavy atom. The van der Waals surface area contributed by atoms with Gasteiger partial charge in [0.1, 0.15) is 5.54 Å². The molecule has 0 aliphatic carbocycles. The van der Waals surface area contributed by atoms with Crippen LogP contribution in [0.3, 0.4) is 0 Å². The molecule has 0 radical (unpaired) electrons. The van der Waals surface area contributed by atoms with E-state index in [0.29, 0.717) is 19.4 Å². The number of likely N-dealkylation sites (tertiary alicyclic amines) is 1. The molecule has 136 valence electrons. The number of rotatable bonds is 7. The molecule has 3 atom stereocenters. The van der Waals surface area contributed by atoms with Crippen molar-refractivity contribution < 1.29 is 19.5 Å². The van der Waals surface area contributed by atoms with Crippen molar-refractivity contribution >= 4 is 17.8 Å². The van der Waals surface area contributed by atoms with Gasteiger partial charge in [0.15, 0.2) is 0 Å². The smallest absolute Gasteiger partial charge is 0.329 e. The Bertz CT molecular complexity index is 646. The second-order valence-corrected chi connectivity index (χ2v) is 6.91. The number of amides is 2. The van der Waals surface area contributed by atoms with Crippen LogP contribution in [0.5, 0.6) is 0 Å². The zero-order valence-electron chi connectivity index (χ0n) is 15.0. The van der Waals surface area contributed by atoms with E-state index in [2.05, 4.69) is 5.32 Å². The van der Waals surface area contributed by atoms with Gasteiger partial charge in [0.25, 0.3) is 0 Å². The molecular weight excluding hydrogens is 320 g/mol. The van der Waals surface area contributed by atoms with Crippen LogP contribution in [-0.4, -0.2) is 39.9 Å². The number of nitrogens with one attached hydrogen (secondary N) is 1. The van der Waals surface area contributed by atoms with E-state index in [9.17, 15) is 19.5 Å². The molecule has 1 saturated heterocycles. The molecule has 25 heavy (non-hydrogen) atoms. The number of carbonyl (C=O) groups is 3. The van der Waals surface area contributed by atoms with Gasteiger partial charge in [0, 0.05) is 13.0 Å². The van der Waals surface area contributed by atoms with Gasteiger partial charge in [0.05, 0.1) is 12.0 Å². The van der Waals surface area contributed by atoms with E-state index in [1.54, 1.807) is 4.90 Å². The first-order chi connectivity index (χ1) is 11.8. The van der Waals surface area contributed by atoms with Crippen LogP contribution in [0.15, 0.2) is 30.3 Å². The summed E-state index contributed by atoms with van der Waals surface area (Å²) in [5, 5.41) is 12.0. The first-order valence-corrected chi connectivity index (χ1v) is 8.68. The van der Waals surface area contributed by atoms with Crippen LogP contribution in [0.25, 0.3) is 0 Å². The van der Waals surface area contributed by atoms with E-state index < -0.39 is 17.4 Å². The highest BCUT2D eigenvalue weighted by Crippen LogP contribution is 2.29. The van der Waals surface area contributed by atoms with Gasteiger partial charge in [-0.25, -0.2) is 4.79 Å². The number of aliphatic carboxylic acids is 1. The van der Waals surface area contributed by atoms with Crippen molar-refractivity contribution in [2.45, 2.75) is 51.6 Å². The maximum Gasteiger partial charge on any atom is 0.329 e. The van der Waals surface area contributed by atoms with Gasteiger partial charge >= 0.3 is 5.97 Å². The SMILES string of the molecule is CCCC(C)(NC(=O)C1CC(=O)N(C(C)c2ccccc2)C1)C(=O)O. The van der Waals surface area contributed by atoms with Gasteiger partial charge in [0.2, 0.25) is 11.8 Å². The predicted molar refractivity (Wildman–Crippen MR) is 93.8 cm³/mol. The molecule has 6 nitrogen and oxygen atoms in total. The highest BCUT2D eigenvalue weighted by Gasteiger charge is 2.41. The molecule has 1 heterocycles. The normalized spacial score (nSPS) is 20.8. The average Bonchev–Trinajstić information content (AvgIpc) is 2.97. The minimum absolute atomic E-state index is 0.0796. The Kier molecular flexibility index (Phi) is 5.82. The zero-order valence-corrected chi connectivity index (χ0v) is 15.0. The van der Waals surface area contributed by atoms with Crippen LogP contribution in [-0.2, 0) is 14.4 Å². The van der Waals surface area contributed by atoms with Crippen LogP contribution < -0.4 is 5.32 Å². The molecule has 1 aromatic rings. The lowest BCUT2D eigenvalue weighted by Crippen LogP contribution is -2.54. The fourth-order valence-corrected chi connectivity index (χ4v) is 3.29. The van der Waals surface area contributed by atoms with Gasteiger partial charge in [-0.2, -0.15) is 0 Å². The number of nitrogens with zero attached hydrogens (tertiary/aromatic N) is 1. The summed E-state index contributed by atoms with van der Waals surface area (Å²) in [6.07, 6.45) is 1.10. The first kappa shape index (κ1) is 19.0. The lowest BCUT2D eigenvalue weighted by Gasteiger charge is -2.28. The number of carboxylic acid groups (broad SMARTS) is 1. The molecule has 1 aliphatic rings. The maximum absolute atomic E-state index is 12.5. The molecule has 3 unspecified atom stereocenters. The number of carbonyl (C=O) groups excluding carboxylic acids is 2. The Morgan fingerprint density at radius 1 is 1.36 bits per heavy atom. The molecule has 0 spiro atoms. The van der Waals surface area contributed by atoms with E-state index in [-0.39, 0.29) is 24.3 Å². The summed E-state index contributed by atoms with van der Waals surface area (Å²) < 4.78 is 0. The third-order valence-electron chi connectivity index (χ3n) is 4.90. The quantitative estimate of drug-likeness (QED) is 0.793. The third-order valence-corrected chi connectivity index (χ3v) is 4.90. The van der Waals surface area contributed by atoms with Crippen molar-refractivity contribution in [2.75, 3.05) is 6.54 Å². The molecule has 0 bridgehead atoms. The molecule has 0 saturated carbocycles. The average molecular weight is 346 g/mol. The summed E-state index contributed by atoms with van der Waals surface area (Å²) in [5.41, 5.74) is -0.286. The Balaban J connectivity index is 2.06. The highest BCUT2D eigenvalue weighted by atomic mass is 16.4. The summed E-state index contributed by atoms with van der Waals surface area (Å²) in [7, 11) is 0. The van der Waals surface area contributed by atoms with E-state index in [4.69, 9.17) is 0 Å². The second kappa shape index (κ2) is 7.68. The van der Waals surface area contributed by atoms with Gasteiger partial charge in [-0.05, 0) is 25.8 Å². The van der Waals surface area contributed by atoms with Crippen LogP contribution >= 0.6 is 0 Å². The minimum atomic E-state index is -1.30. The molecule has 1 aromatic carbocycles. The number of benzene rings is 1. The van der Waals surface area contributed by atoms with Gasteiger partial charge in [-0.15, -0.1) is 0 Å². The van der Waals surface area contributed by atoms with Crippen LogP contribution in [0.4, 0.5) is 0 Å². The van der Waals surface area contributed by atoms with Gasteiger partial charge < -0.3 is 15.3 Å². The largest absolute Gasteiger partial charge is 0.480 e. The molecule has 2 rings (SSSR count). The predicted octanol–water partition coefficient (Wildman–Crippen LogP) is 2.36. The fraction of sp³-hybridized carbons (Fsp3) is 0.526. The summed E-state index contributed by atoms with van der Waals surface area (Å²) in [5.74, 6) is -2.02. The summed E-state index contributed by atoms with van der Waals surface area (Å²) in [4.78, 5) is 38.1. The van der Waals surface area contributed by atoms with Crippen molar-refractivity contribution in [1.29, 1.82) is 0 Å². The topological polar surface area (TPSA) is 86.7 Å². The molecule has 6 heteroatoms. The Morgan fingerprint density at radius 2 is 2.00 bits per heavy atom.